The maximum atomic E-state index is 11.6. The molecule has 0 aliphatic carbocycles. The summed E-state index contributed by atoms with van der Waals surface area (Å²) in [5, 5.41) is 16.3. The van der Waals surface area contributed by atoms with Gasteiger partial charge in [0.2, 0.25) is 0 Å². The van der Waals surface area contributed by atoms with Crippen molar-refractivity contribution in [1.82, 2.24) is 30.3 Å². The number of hydrogen-bond acceptors (Lipinski definition) is 5. The molecule has 8 nitrogen and oxygen atoms in total. The first kappa shape index (κ1) is 10.1. The predicted molar refractivity (Wildman–Crippen MR) is 55.2 cm³/mol. The van der Waals surface area contributed by atoms with Crippen LogP contribution < -0.4 is 11.1 Å². The molecule has 0 fully saturated rings. The Kier molecular flexibility index (Phi) is 2.54. The second-order valence-electron chi connectivity index (χ2n) is 3.24. The van der Waals surface area contributed by atoms with Gasteiger partial charge in [0.15, 0.2) is 5.82 Å². The fourth-order valence-electron chi connectivity index (χ4n) is 1.20. The Bertz CT molecular complexity index is 500. The minimum absolute atomic E-state index is 0.246. The van der Waals surface area contributed by atoms with E-state index < -0.39 is 0 Å². The van der Waals surface area contributed by atoms with Crippen molar-refractivity contribution in [3.63, 3.8) is 0 Å². The molecule has 0 atom stereocenters. The molecular weight excluding hydrogens is 210 g/mol. The third-order valence-corrected chi connectivity index (χ3v) is 2.13. The zero-order chi connectivity index (χ0) is 11.5. The van der Waals surface area contributed by atoms with Crippen molar-refractivity contribution in [2.75, 3.05) is 5.73 Å². The van der Waals surface area contributed by atoms with E-state index in [1.807, 2.05) is 0 Å². The van der Waals surface area contributed by atoms with Crippen LogP contribution in [0.2, 0.25) is 0 Å². The third kappa shape index (κ3) is 1.85. The topological polar surface area (TPSA) is 115 Å². The summed E-state index contributed by atoms with van der Waals surface area (Å²) in [6, 6.07) is 0. The normalized spacial score (nSPS) is 10.3. The van der Waals surface area contributed by atoms with E-state index in [1.54, 1.807) is 17.9 Å². The van der Waals surface area contributed by atoms with Crippen molar-refractivity contribution in [1.29, 1.82) is 0 Å². The molecule has 2 aromatic rings. The standard InChI is InChI=1S/C8H11N7O/c1-15-4-12-13-6(15)3-10-8(16)5-2-11-14-7(5)9/h2,4H,3H2,1H3,(H,10,16)(H3,9,11,14). The highest BCUT2D eigenvalue weighted by Crippen LogP contribution is 2.05. The number of anilines is 1. The van der Waals surface area contributed by atoms with E-state index in [0.717, 1.165) is 0 Å². The van der Waals surface area contributed by atoms with Crippen molar-refractivity contribution in [3.05, 3.63) is 23.9 Å². The molecule has 0 saturated carbocycles. The summed E-state index contributed by atoms with van der Waals surface area (Å²) < 4.78 is 1.72. The van der Waals surface area contributed by atoms with Crippen LogP contribution in [0.3, 0.4) is 0 Å². The zero-order valence-corrected chi connectivity index (χ0v) is 8.64. The fourth-order valence-corrected chi connectivity index (χ4v) is 1.20. The van der Waals surface area contributed by atoms with Gasteiger partial charge in [0.1, 0.15) is 17.7 Å². The maximum Gasteiger partial charge on any atom is 0.257 e. The summed E-state index contributed by atoms with van der Waals surface area (Å²) in [4.78, 5) is 11.6. The molecule has 0 aromatic carbocycles. The largest absolute Gasteiger partial charge is 0.383 e. The second kappa shape index (κ2) is 4.01. The first-order valence-electron chi connectivity index (χ1n) is 4.58. The number of carbonyl (C=O) groups excluding carboxylic acids is 1. The molecule has 1 amide bonds. The molecular formula is C8H11N7O. The van der Waals surface area contributed by atoms with Crippen LogP contribution in [0.4, 0.5) is 5.82 Å². The summed E-state index contributed by atoms with van der Waals surface area (Å²) in [6.45, 7) is 0.292. The van der Waals surface area contributed by atoms with Crippen molar-refractivity contribution < 1.29 is 4.79 Å². The lowest BCUT2D eigenvalue weighted by molar-refractivity contribution is 0.0950. The number of nitrogen functional groups attached to an aromatic ring is 1. The van der Waals surface area contributed by atoms with E-state index in [4.69, 9.17) is 5.73 Å². The molecule has 84 valence electrons. The average molecular weight is 221 g/mol. The number of rotatable bonds is 3. The Morgan fingerprint density at radius 2 is 2.50 bits per heavy atom. The monoisotopic (exact) mass is 221 g/mol. The van der Waals surface area contributed by atoms with Crippen molar-refractivity contribution in [2.24, 2.45) is 7.05 Å². The van der Waals surface area contributed by atoms with E-state index in [9.17, 15) is 4.79 Å². The molecule has 4 N–H and O–H groups in total. The van der Waals surface area contributed by atoms with E-state index >= 15 is 0 Å². The predicted octanol–water partition coefficient (Wildman–Crippen LogP) is -0.950. The van der Waals surface area contributed by atoms with E-state index in [0.29, 0.717) is 17.9 Å². The molecule has 0 spiro atoms. The summed E-state index contributed by atoms with van der Waals surface area (Å²) in [6.07, 6.45) is 2.94. The number of H-pyrrole nitrogens is 1. The Labute approximate surface area is 90.9 Å². The first-order valence-corrected chi connectivity index (χ1v) is 4.58. The van der Waals surface area contributed by atoms with Gasteiger partial charge in [-0.3, -0.25) is 9.89 Å². The molecule has 0 bridgehead atoms. The average Bonchev–Trinajstić information content (AvgIpc) is 2.84. The van der Waals surface area contributed by atoms with Gasteiger partial charge >= 0.3 is 0 Å². The highest BCUT2D eigenvalue weighted by Gasteiger charge is 2.11. The second-order valence-corrected chi connectivity index (χ2v) is 3.24. The quantitative estimate of drug-likeness (QED) is 0.618. The van der Waals surface area contributed by atoms with Gasteiger partial charge in [0.05, 0.1) is 12.7 Å². The number of aromatic nitrogens is 5. The number of nitrogens with two attached hydrogens (primary N) is 1. The van der Waals surface area contributed by atoms with Gasteiger partial charge in [-0.05, 0) is 0 Å². The molecule has 0 unspecified atom stereocenters. The minimum Gasteiger partial charge on any atom is -0.383 e. The van der Waals surface area contributed by atoms with Crippen molar-refractivity contribution >= 4 is 11.7 Å². The third-order valence-electron chi connectivity index (χ3n) is 2.13. The minimum atomic E-state index is -0.297. The van der Waals surface area contributed by atoms with Crippen LogP contribution in [0.1, 0.15) is 16.2 Å². The summed E-state index contributed by atoms with van der Waals surface area (Å²) in [5.74, 6) is 0.611. The van der Waals surface area contributed by atoms with E-state index in [2.05, 4.69) is 25.7 Å². The highest BCUT2D eigenvalue weighted by molar-refractivity contribution is 5.97. The molecule has 0 aliphatic heterocycles. The summed E-state index contributed by atoms with van der Waals surface area (Å²) in [7, 11) is 1.80. The Morgan fingerprint density at radius 1 is 1.69 bits per heavy atom. The Balaban J connectivity index is 1.99. The lowest BCUT2D eigenvalue weighted by Gasteiger charge is -2.03. The van der Waals surface area contributed by atoms with Gasteiger partial charge in [-0.2, -0.15) is 5.10 Å². The number of aromatic amines is 1. The van der Waals surface area contributed by atoms with Gasteiger partial charge in [-0.1, -0.05) is 0 Å². The lowest BCUT2D eigenvalue weighted by Crippen LogP contribution is -2.24. The summed E-state index contributed by atoms with van der Waals surface area (Å²) in [5.41, 5.74) is 5.83. The van der Waals surface area contributed by atoms with E-state index in [1.165, 1.54) is 6.20 Å². The maximum absolute atomic E-state index is 11.6. The number of nitrogens with zero attached hydrogens (tertiary/aromatic N) is 4. The number of hydrogen-bond donors (Lipinski definition) is 3. The zero-order valence-electron chi connectivity index (χ0n) is 8.64. The first-order chi connectivity index (χ1) is 7.68. The lowest BCUT2D eigenvalue weighted by atomic mass is 10.3. The van der Waals surface area contributed by atoms with Gasteiger partial charge in [-0.25, -0.2) is 0 Å². The number of aryl methyl sites for hydroxylation is 1. The Morgan fingerprint density at radius 3 is 3.06 bits per heavy atom. The van der Waals surface area contributed by atoms with Crippen LogP contribution in [-0.4, -0.2) is 30.9 Å². The van der Waals surface area contributed by atoms with Crippen LogP contribution in [-0.2, 0) is 13.6 Å². The van der Waals surface area contributed by atoms with Crippen LogP contribution in [0.25, 0.3) is 0 Å². The number of carbonyl (C=O) groups is 1. The molecule has 16 heavy (non-hydrogen) atoms. The van der Waals surface area contributed by atoms with Gasteiger partial charge in [-0.15, -0.1) is 10.2 Å². The fraction of sp³-hybridized carbons (Fsp3) is 0.250. The smallest absolute Gasteiger partial charge is 0.257 e. The number of nitrogens with one attached hydrogen (secondary N) is 2. The van der Waals surface area contributed by atoms with Crippen LogP contribution in [0, 0.1) is 0 Å². The molecule has 0 radical (unpaired) electrons. The molecule has 8 heteroatoms. The molecule has 2 heterocycles. The SMILES string of the molecule is Cn1cnnc1CNC(=O)c1cn[nH]c1N. The van der Waals surface area contributed by atoms with E-state index in [-0.39, 0.29) is 11.7 Å². The Hall–Kier alpha value is -2.38. The van der Waals surface area contributed by atoms with Crippen LogP contribution in [0.5, 0.6) is 0 Å². The molecule has 2 aromatic heterocycles. The van der Waals surface area contributed by atoms with Gasteiger partial charge in [0.25, 0.3) is 5.91 Å². The van der Waals surface area contributed by atoms with Crippen molar-refractivity contribution in [3.8, 4) is 0 Å². The number of amides is 1. The highest BCUT2D eigenvalue weighted by atomic mass is 16.1. The molecule has 2 rings (SSSR count). The molecule has 0 aliphatic rings. The van der Waals surface area contributed by atoms with Crippen molar-refractivity contribution in [2.45, 2.75) is 6.54 Å². The van der Waals surface area contributed by atoms with Crippen LogP contribution >= 0.6 is 0 Å². The van der Waals surface area contributed by atoms with Gasteiger partial charge < -0.3 is 15.6 Å². The van der Waals surface area contributed by atoms with Crippen LogP contribution in [0.15, 0.2) is 12.5 Å². The van der Waals surface area contributed by atoms with Gasteiger partial charge in [0, 0.05) is 7.05 Å². The summed E-state index contributed by atoms with van der Waals surface area (Å²) >= 11 is 0. The molecule has 0 saturated heterocycles.